The van der Waals surface area contributed by atoms with Gasteiger partial charge >= 0.3 is 0 Å². The second-order valence-electron chi connectivity index (χ2n) is 6.79. The lowest BCUT2D eigenvalue weighted by Gasteiger charge is -2.51. The van der Waals surface area contributed by atoms with Crippen LogP contribution in [0.5, 0.6) is 0 Å². The molecule has 5 heteroatoms. The predicted molar refractivity (Wildman–Crippen MR) is 85.9 cm³/mol. The SMILES string of the molecule is C[C@@]1(O)CCOC2(CCN(Cc3ccccc3Cl)CC2)[C@H]1O. The van der Waals surface area contributed by atoms with E-state index in [4.69, 9.17) is 16.3 Å². The maximum Gasteiger partial charge on any atom is 0.111 e. The van der Waals surface area contributed by atoms with Gasteiger partial charge in [-0.3, -0.25) is 4.90 Å². The molecule has 1 spiro atoms. The Labute approximate surface area is 136 Å². The Kier molecular flexibility index (Phi) is 4.49. The molecule has 2 N–H and O–H groups in total. The van der Waals surface area contributed by atoms with Gasteiger partial charge in [0.05, 0.1) is 17.8 Å². The Morgan fingerprint density at radius 3 is 2.64 bits per heavy atom. The zero-order valence-corrected chi connectivity index (χ0v) is 13.7. The van der Waals surface area contributed by atoms with Gasteiger partial charge in [0.1, 0.15) is 6.10 Å². The number of benzene rings is 1. The summed E-state index contributed by atoms with van der Waals surface area (Å²) in [5.41, 5.74) is -0.528. The molecule has 2 fully saturated rings. The highest BCUT2D eigenvalue weighted by atomic mass is 35.5. The molecule has 2 aliphatic rings. The molecule has 22 heavy (non-hydrogen) atoms. The third kappa shape index (κ3) is 3.03. The van der Waals surface area contributed by atoms with Crippen LogP contribution in [0.15, 0.2) is 24.3 Å². The largest absolute Gasteiger partial charge is 0.387 e. The van der Waals surface area contributed by atoms with Crippen molar-refractivity contribution in [3.05, 3.63) is 34.9 Å². The number of aliphatic hydroxyl groups is 2. The molecule has 1 aromatic carbocycles. The van der Waals surface area contributed by atoms with Gasteiger partial charge in [0, 0.05) is 31.1 Å². The minimum absolute atomic E-state index is 0.485. The molecule has 0 aliphatic carbocycles. The smallest absolute Gasteiger partial charge is 0.111 e. The van der Waals surface area contributed by atoms with Gasteiger partial charge in [0.2, 0.25) is 0 Å². The summed E-state index contributed by atoms with van der Waals surface area (Å²) in [6.45, 7) is 4.69. The van der Waals surface area contributed by atoms with E-state index in [0.717, 1.165) is 43.1 Å². The topological polar surface area (TPSA) is 52.9 Å². The first-order valence-corrected chi connectivity index (χ1v) is 8.31. The van der Waals surface area contributed by atoms with Crippen molar-refractivity contribution in [2.24, 2.45) is 0 Å². The molecule has 122 valence electrons. The van der Waals surface area contributed by atoms with E-state index in [-0.39, 0.29) is 0 Å². The van der Waals surface area contributed by atoms with Crippen molar-refractivity contribution in [2.45, 2.75) is 50.0 Å². The fourth-order valence-electron chi connectivity index (χ4n) is 3.62. The van der Waals surface area contributed by atoms with E-state index in [1.165, 1.54) is 0 Å². The predicted octanol–water partition coefficient (Wildman–Crippen LogP) is 2.21. The molecule has 0 unspecified atom stereocenters. The van der Waals surface area contributed by atoms with E-state index in [1.54, 1.807) is 6.92 Å². The van der Waals surface area contributed by atoms with Crippen molar-refractivity contribution in [1.29, 1.82) is 0 Å². The van der Waals surface area contributed by atoms with E-state index < -0.39 is 17.3 Å². The fourth-order valence-corrected chi connectivity index (χ4v) is 3.81. The third-order valence-electron chi connectivity index (χ3n) is 5.14. The van der Waals surface area contributed by atoms with Gasteiger partial charge in [-0.25, -0.2) is 0 Å². The van der Waals surface area contributed by atoms with Crippen LogP contribution >= 0.6 is 11.6 Å². The number of hydrogen-bond acceptors (Lipinski definition) is 4. The maximum atomic E-state index is 10.5. The highest BCUT2D eigenvalue weighted by Crippen LogP contribution is 2.40. The number of piperidine rings is 1. The summed E-state index contributed by atoms with van der Waals surface area (Å²) < 4.78 is 5.91. The monoisotopic (exact) mass is 325 g/mol. The average Bonchev–Trinajstić information content (AvgIpc) is 2.49. The van der Waals surface area contributed by atoms with Gasteiger partial charge in [-0.15, -0.1) is 0 Å². The molecule has 0 aromatic heterocycles. The zero-order valence-electron chi connectivity index (χ0n) is 13.0. The van der Waals surface area contributed by atoms with Crippen LogP contribution in [0.1, 0.15) is 31.7 Å². The van der Waals surface area contributed by atoms with Gasteiger partial charge in [-0.2, -0.15) is 0 Å². The summed E-state index contributed by atoms with van der Waals surface area (Å²) in [5, 5.41) is 21.6. The Morgan fingerprint density at radius 2 is 1.95 bits per heavy atom. The molecular formula is C17H24ClNO3. The van der Waals surface area contributed by atoms with Crippen molar-refractivity contribution < 1.29 is 14.9 Å². The van der Waals surface area contributed by atoms with Crippen LogP contribution < -0.4 is 0 Å². The Bertz CT molecular complexity index is 526. The van der Waals surface area contributed by atoms with Crippen LogP contribution in [0.4, 0.5) is 0 Å². The summed E-state index contributed by atoms with van der Waals surface area (Å²) in [4.78, 5) is 2.33. The molecule has 4 nitrogen and oxygen atoms in total. The van der Waals surface area contributed by atoms with E-state index >= 15 is 0 Å². The van der Waals surface area contributed by atoms with Crippen molar-refractivity contribution in [2.75, 3.05) is 19.7 Å². The molecule has 0 bridgehead atoms. The lowest BCUT2D eigenvalue weighted by molar-refractivity contribution is -0.246. The molecule has 3 rings (SSSR count). The lowest BCUT2D eigenvalue weighted by atomic mass is 9.75. The highest BCUT2D eigenvalue weighted by Gasteiger charge is 2.52. The highest BCUT2D eigenvalue weighted by molar-refractivity contribution is 6.31. The molecule has 0 radical (unpaired) electrons. The normalized spacial score (nSPS) is 32.3. The Balaban J connectivity index is 1.64. The maximum absolute atomic E-state index is 10.5. The van der Waals surface area contributed by atoms with Crippen LogP contribution in [-0.2, 0) is 11.3 Å². The van der Waals surface area contributed by atoms with E-state index in [2.05, 4.69) is 4.90 Å². The second kappa shape index (κ2) is 6.10. The molecule has 1 aromatic rings. The van der Waals surface area contributed by atoms with Crippen molar-refractivity contribution in [1.82, 2.24) is 4.90 Å². The summed E-state index contributed by atoms with van der Waals surface area (Å²) in [6, 6.07) is 7.89. The fraction of sp³-hybridized carbons (Fsp3) is 0.647. The molecule has 0 saturated carbocycles. The number of hydrogen-bond donors (Lipinski definition) is 2. The Hall–Kier alpha value is -0.650. The number of nitrogens with zero attached hydrogens (tertiary/aromatic N) is 1. The van der Waals surface area contributed by atoms with Crippen LogP contribution in [0, 0.1) is 0 Å². The second-order valence-corrected chi connectivity index (χ2v) is 7.20. The number of aliphatic hydroxyl groups excluding tert-OH is 1. The Morgan fingerprint density at radius 1 is 1.27 bits per heavy atom. The molecule has 2 aliphatic heterocycles. The van der Waals surface area contributed by atoms with Gasteiger partial charge in [0.15, 0.2) is 0 Å². The van der Waals surface area contributed by atoms with Crippen LogP contribution in [0.2, 0.25) is 5.02 Å². The number of halogens is 1. The quantitative estimate of drug-likeness (QED) is 0.875. The molecule has 2 atom stereocenters. The average molecular weight is 326 g/mol. The summed E-state index contributed by atoms with van der Waals surface area (Å²) in [5.74, 6) is 0. The van der Waals surface area contributed by atoms with Crippen molar-refractivity contribution in [3.8, 4) is 0 Å². The summed E-state index contributed by atoms with van der Waals surface area (Å²) >= 11 is 6.22. The third-order valence-corrected chi connectivity index (χ3v) is 5.51. The standard InChI is InChI=1S/C17H24ClNO3/c1-16(21)8-11-22-17(15(16)20)6-9-19(10-7-17)12-13-4-2-3-5-14(13)18/h2-5,15,20-21H,6-12H2,1H3/t15-,16+/m0/s1. The minimum Gasteiger partial charge on any atom is -0.387 e. The van der Waals surface area contributed by atoms with Gasteiger partial charge in [-0.05, 0) is 31.4 Å². The van der Waals surface area contributed by atoms with Crippen molar-refractivity contribution in [3.63, 3.8) is 0 Å². The minimum atomic E-state index is -1.05. The first-order valence-electron chi connectivity index (χ1n) is 7.93. The first-order chi connectivity index (χ1) is 10.4. The summed E-state index contributed by atoms with van der Waals surface area (Å²) in [7, 11) is 0. The van der Waals surface area contributed by atoms with Gasteiger partial charge in [0.25, 0.3) is 0 Å². The van der Waals surface area contributed by atoms with Crippen LogP contribution in [0.3, 0.4) is 0 Å². The van der Waals surface area contributed by atoms with E-state index in [1.807, 2.05) is 24.3 Å². The number of rotatable bonds is 2. The molecular weight excluding hydrogens is 302 g/mol. The molecule has 2 saturated heterocycles. The molecule has 0 amide bonds. The number of likely N-dealkylation sites (tertiary alicyclic amines) is 1. The summed E-state index contributed by atoms with van der Waals surface area (Å²) in [6.07, 6.45) is 1.12. The first kappa shape index (κ1) is 16.2. The van der Waals surface area contributed by atoms with E-state index in [0.29, 0.717) is 13.0 Å². The molecule has 2 heterocycles. The van der Waals surface area contributed by atoms with E-state index in [9.17, 15) is 10.2 Å². The zero-order chi connectivity index (χ0) is 15.8. The van der Waals surface area contributed by atoms with Gasteiger partial charge < -0.3 is 14.9 Å². The lowest BCUT2D eigenvalue weighted by Crippen LogP contribution is -2.64. The number of ether oxygens (including phenoxy) is 1. The van der Waals surface area contributed by atoms with Crippen LogP contribution in [0.25, 0.3) is 0 Å². The van der Waals surface area contributed by atoms with Crippen molar-refractivity contribution >= 4 is 11.6 Å². The van der Waals surface area contributed by atoms with Gasteiger partial charge in [-0.1, -0.05) is 29.8 Å². The van der Waals surface area contributed by atoms with Crippen LogP contribution in [-0.4, -0.2) is 52.1 Å².